The van der Waals surface area contributed by atoms with Crippen molar-refractivity contribution in [3.63, 3.8) is 0 Å². The molecule has 110 valence electrons. The minimum atomic E-state index is -4.31. The van der Waals surface area contributed by atoms with E-state index < -0.39 is 42.6 Å². The van der Waals surface area contributed by atoms with Crippen LogP contribution in [-0.4, -0.2) is 35.9 Å². The van der Waals surface area contributed by atoms with E-state index in [4.69, 9.17) is 5.11 Å². The lowest BCUT2D eigenvalue weighted by Gasteiger charge is -2.19. The average Bonchev–Trinajstić information content (AvgIpc) is 2.68. The molecule has 1 saturated carbocycles. The van der Waals surface area contributed by atoms with Crippen molar-refractivity contribution in [3.05, 3.63) is 0 Å². The molecule has 4 nitrogen and oxygen atoms in total. The number of carboxylic acid groups (broad SMARTS) is 1. The van der Waals surface area contributed by atoms with Crippen molar-refractivity contribution in [2.45, 2.75) is 32.1 Å². The largest absolute Gasteiger partial charge is 0.481 e. The summed E-state index contributed by atoms with van der Waals surface area (Å²) in [5.41, 5.74) is 0. The molecule has 2 N–H and O–H groups in total. The van der Waals surface area contributed by atoms with Crippen LogP contribution in [0.2, 0.25) is 0 Å². The molecular formula is C11H15F4NO3. The highest BCUT2D eigenvalue weighted by atomic mass is 19.3. The molecule has 0 radical (unpaired) electrons. The number of carbonyl (C=O) groups excluding carboxylic acids is 1. The quantitative estimate of drug-likeness (QED) is 0.756. The lowest BCUT2D eigenvalue weighted by Crippen LogP contribution is -2.44. The number of carboxylic acids is 1. The van der Waals surface area contributed by atoms with Gasteiger partial charge in [-0.3, -0.25) is 9.59 Å². The molecule has 0 aromatic rings. The van der Waals surface area contributed by atoms with Crippen LogP contribution in [0.25, 0.3) is 0 Å². The molecule has 0 spiro atoms. The number of aliphatic carboxylic acids is 1. The third-order valence-corrected chi connectivity index (χ3v) is 3.27. The van der Waals surface area contributed by atoms with E-state index in [2.05, 4.69) is 0 Å². The van der Waals surface area contributed by atoms with Gasteiger partial charge in [0.05, 0.1) is 18.4 Å². The predicted molar refractivity (Wildman–Crippen MR) is 57.0 cm³/mol. The maximum absolute atomic E-state index is 12.6. The Hall–Kier alpha value is -1.34. The average molecular weight is 285 g/mol. The highest BCUT2D eigenvalue weighted by Gasteiger charge is 2.44. The molecule has 19 heavy (non-hydrogen) atoms. The zero-order valence-corrected chi connectivity index (χ0v) is 10.2. The Morgan fingerprint density at radius 1 is 1.32 bits per heavy atom. The molecule has 3 atom stereocenters. The van der Waals surface area contributed by atoms with Crippen LogP contribution in [0, 0.1) is 17.8 Å². The second-order valence-corrected chi connectivity index (χ2v) is 4.91. The Morgan fingerprint density at radius 3 is 2.32 bits per heavy atom. The number of rotatable bonds is 5. The molecule has 0 aliphatic heterocycles. The van der Waals surface area contributed by atoms with Crippen LogP contribution in [0.4, 0.5) is 17.6 Å². The monoisotopic (exact) mass is 285 g/mol. The molecule has 1 aliphatic rings. The molecule has 1 amide bonds. The summed E-state index contributed by atoms with van der Waals surface area (Å²) >= 11 is 0. The van der Waals surface area contributed by atoms with Crippen LogP contribution in [0.3, 0.4) is 0 Å². The fourth-order valence-electron chi connectivity index (χ4n) is 2.27. The van der Waals surface area contributed by atoms with Crippen LogP contribution in [-0.2, 0) is 9.59 Å². The number of alkyl halides is 4. The van der Waals surface area contributed by atoms with Gasteiger partial charge in [-0.25, -0.2) is 8.78 Å². The van der Waals surface area contributed by atoms with Crippen LogP contribution >= 0.6 is 0 Å². The third-order valence-electron chi connectivity index (χ3n) is 3.27. The lowest BCUT2D eigenvalue weighted by molar-refractivity contribution is -0.148. The van der Waals surface area contributed by atoms with Gasteiger partial charge >= 0.3 is 18.3 Å². The molecule has 1 aliphatic carbocycles. The topological polar surface area (TPSA) is 66.4 Å². The number of hydrogen-bond acceptors (Lipinski definition) is 2. The molecule has 1 fully saturated rings. The zero-order chi connectivity index (χ0) is 14.8. The summed E-state index contributed by atoms with van der Waals surface area (Å²) in [5.74, 6) is -8.30. The summed E-state index contributed by atoms with van der Waals surface area (Å²) in [6.07, 6.45) is -3.34. The number of carbonyl (C=O) groups is 2. The summed E-state index contributed by atoms with van der Waals surface area (Å²) in [6, 6.07) is 0. The first-order valence-electron chi connectivity index (χ1n) is 5.81. The molecule has 0 bridgehead atoms. The van der Waals surface area contributed by atoms with Crippen molar-refractivity contribution in [2.75, 3.05) is 6.54 Å². The van der Waals surface area contributed by atoms with Crippen LogP contribution < -0.4 is 5.32 Å². The van der Waals surface area contributed by atoms with Gasteiger partial charge in [0.2, 0.25) is 5.91 Å². The smallest absolute Gasteiger partial charge is 0.324 e. The van der Waals surface area contributed by atoms with Gasteiger partial charge < -0.3 is 10.4 Å². The van der Waals surface area contributed by atoms with E-state index in [0.717, 1.165) is 0 Å². The van der Waals surface area contributed by atoms with E-state index in [9.17, 15) is 27.2 Å². The Kier molecular flexibility index (Phi) is 4.75. The molecule has 0 saturated heterocycles. The molecule has 0 heterocycles. The van der Waals surface area contributed by atoms with Crippen molar-refractivity contribution in [2.24, 2.45) is 17.8 Å². The van der Waals surface area contributed by atoms with E-state index in [-0.39, 0.29) is 18.8 Å². The number of nitrogens with one attached hydrogen (secondary N) is 1. The third kappa shape index (κ3) is 3.81. The fourth-order valence-corrected chi connectivity index (χ4v) is 2.27. The number of amides is 1. The molecule has 8 heteroatoms. The Balaban J connectivity index is 2.60. The Morgan fingerprint density at radius 2 is 1.84 bits per heavy atom. The maximum Gasteiger partial charge on any atom is 0.324 e. The van der Waals surface area contributed by atoms with Gasteiger partial charge in [0, 0.05) is 0 Å². The Bertz CT molecular complexity index is 362. The highest BCUT2D eigenvalue weighted by molar-refractivity contribution is 5.85. The second kappa shape index (κ2) is 5.75. The second-order valence-electron chi connectivity index (χ2n) is 4.91. The zero-order valence-electron chi connectivity index (χ0n) is 10.2. The van der Waals surface area contributed by atoms with E-state index in [1.807, 2.05) is 0 Å². The first-order chi connectivity index (χ1) is 8.65. The van der Waals surface area contributed by atoms with E-state index in [1.165, 1.54) is 0 Å². The lowest BCUT2D eigenvalue weighted by atomic mass is 9.95. The molecular weight excluding hydrogens is 270 g/mol. The standard InChI is InChI=1S/C11H15F4NO3/c1-5-2-6(7(3-5)9(18)19)8(17)16-4-11(14,15)10(12)13/h5-7,10H,2-4H2,1H3,(H,16,17)(H,18,19). The molecule has 1 rings (SSSR count). The van der Waals surface area contributed by atoms with Crippen LogP contribution in [0.1, 0.15) is 19.8 Å². The minimum Gasteiger partial charge on any atom is -0.481 e. The highest BCUT2D eigenvalue weighted by Crippen LogP contribution is 2.36. The predicted octanol–water partition coefficient (Wildman–Crippen LogP) is 1.75. The van der Waals surface area contributed by atoms with Crippen molar-refractivity contribution >= 4 is 11.9 Å². The first-order valence-corrected chi connectivity index (χ1v) is 5.81. The van der Waals surface area contributed by atoms with Gasteiger partial charge in [-0.15, -0.1) is 0 Å². The SMILES string of the molecule is CC1CC(C(=O)O)C(C(=O)NCC(F)(F)C(F)F)C1. The minimum absolute atomic E-state index is 0.0209. The van der Waals surface area contributed by atoms with Crippen molar-refractivity contribution in [3.8, 4) is 0 Å². The van der Waals surface area contributed by atoms with Crippen molar-refractivity contribution < 1.29 is 32.3 Å². The summed E-state index contributed by atoms with van der Waals surface area (Å²) < 4.78 is 49.1. The van der Waals surface area contributed by atoms with Crippen molar-refractivity contribution in [1.82, 2.24) is 5.32 Å². The van der Waals surface area contributed by atoms with Gasteiger partial charge in [0.1, 0.15) is 0 Å². The maximum atomic E-state index is 12.6. The number of hydrogen-bond donors (Lipinski definition) is 2. The van der Waals surface area contributed by atoms with E-state index >= 15 is 0 Å². The Labute approximate surface area is 107 Å². The van der Waals surface area contributed by atoms with Gasteiger partial charge in [0.25, 0.3) is 0 Å². The summed E-state index contributed by atoms with van der Waals surface area (Å²) in [7, 11) is 0. The first kappa shape index (κ1) is 15.7. The van der Waals surface area contributed by atoms with Crippen LogP contribution in [0.15, 0.2) is 0 Å². The van der Waals surface area contributed by atoms with E-state index in [0.29, 0.717) is 0 Å². The summed E-state index contributed by atoms with van der Waals surface area (Å²) in [5, 5.41) is 10.6. The molecule has 0 aromatic carbocycles. The van der Waals surface area contributed by atoms with Gasteiger partial charge in [-0.2, -0.15) is 8.78 Å². The molecule has 3 unspecified atom stereocenters. The van der Waals surface area contributed by atoms with Crippen LogP contribution in [0.5, 0.6) is 0 Å². The van der Waals surface area contributed by atoms with E-state index in [1.54, 1.807) is 12.2 Å². The van der Waals surface area contributed by atoms with Gasteiger partial charge in [0.15, 0.2) is 0 Å². The summed E-state index contributed by atoms with van der Waals surface area (Å²) in [4.78, 5) is 22.5. The normalized spacial score (nSPS) is 27.6. The molecule has 0 aromatic heterocycles. The summed E-state index contributed by atoms with van der Waals surface area (Å²) in [6.45, 7) is 0.262. The fraction of sp³-hybridized carbons (Fsp3) is 0.818. The van der Waals surface area contributed by atoms with Gasteiger partial charge in [-0.1, -0.05) is 6.92 Å². The van der Waals surface area contributed by atoms with Crippen molar-refractivity contribution in [1.29, 1.82) is 0 Å². The number of halogens is 4. The van der Waals surface area contributed by atoms with Gasteiger partial charge in [-0.05, 0) is 18.8 Å².